The van der Waals surface area contributed by atoms with E-state index >= 15 is 0 Å². The number of hydrogen-bond donors (Lipinski definition) is 0. The molecular weight excluding hydrogens is 899 g/mol. The van der Waals surface area contributed by atoms with Crippen LogP contribution in [0.3, 0.4) is 0 Å². The predicted molar refractivity (Wildman–Crippen MR) is 313 cm³/mol. The normalized spacial score (nSPS) is 16.7. The molecule has 0 radical (unpaired) electrons. The number of hydrogen-bond acceptors (Lipinski definition) is 1. The van der Waals surface area contributed by atoms with Crippen LogP contribution >= 0.6 is 0 Å². The number of benzene rings is 9. The van der Waals surface area contributed by atoms with Crippen LogP contribution in [0.5, 0.6) is 0 Å². The molecule has 2 aliphatic rings. The zero-order valence-electron chi connectivity index (χ0n) is 43.7. The summed E-state index contributed by atoms with van der Waals surface area (Å²) in [5.74, 6) is 0. The van der Waals surface area contributed by atoms with Gasteiger partial charge in [-0.25, -0.2) is 0 Å². The Morgan fingerprint density at radius 1 is 0.356 bits per heavy atom. The van der Waals surface area contributed by atoms with Crippen molar-refractivity contribution in [2.45, 2.75) is 103 Å². The molecule has 0 fully saturated rings. The maximum atomic E-state index is 6.66. The van der Waals surface area contributed by atoms with Crippen LogP contribution in [0, 0.1) is 0 Å². The third-order valence-corrected chi connectivity index (χ3v) is 22.6. The molecule has 11 aromatic rings. The van der Waals surface area contributed by atoms with Crippen molar-refractivity contribution in [3.8, 4) is 27.9 Å². The van der Waals surface area contributed by atoms with Crippen LogP contribution in [0.15, 0.2) is 205 Å². The second kappa shape index (κ2) is 16.4. The second-order valence-electron chi connectivity index (χ2n) is 24.1. The molecule has 0 atom stereocenters. The van der Waals surface area contributed by atoms with Gasteiger partial charge in [0.05, 0.1) is 16.7 Å². The minimum absolute atomic E-state index is 0.00968. The van der Waals surface area contributed by atoms with Crippen LogP contribution in [-0.2, 0) is 21.7 Å². The van der Waals surface area contributed by atoms with E-state index in [1.165, 1.54) is 111 Å². The lowest BCUT2D eigenvalue weighted by Crippen LogP contribution is -2.74. The molecule has 0 aliphatic heterocycles. The van der Waals surface area contributed by atoms with Gasteiger partial charge in [-0.2, -0.15) is 0 Å². The van der Waals surface area contributed by atoms with E-state index in [2.05, 4.69) is 260 Å². The van der Waals surface area contributed by atoms with Crippen LogP contribution in [0.1, 0.15) is 103 Å². The fraction of sp³-hybridized carbons (Fsp3) is 0.229. The monoisotopic (exact) mass is 963 g/mol. The molecule has 2 aliphatic carbocycles. The topological polar surface area (TPSA) is 18.1 Å². The zero-order valence-corrected chi connectivity index (χ0v) is 44.7. The molecule has 0 amide bonds. The summed E-state index contributed by atoms with van der Waals surface area (Å²) in [6.45, 7) is 19.7. The number of furan rings is 1. The van der Waals surface area contributed by atoms with Gasteiger partial charge in [0, 0.05) is 32.7 Å². The first-order valence-electron chi connectivity index (χ1n) is 26.7. The van der Waals surface area contributed by atoms with Gasteiger partial charge < -0.3 is 8.98 Å². The van der Waals surface area contributed by atoms with Crippen LogP contribution in [-0.4, -0.2) is 12.6 Å². The summed E-state index contributed by atoms with van der Waals surface area (Å²) in [5, 5.41) is 10.2. The molecule has 0 spiro atoms. The molecule has 0 saturated heterocycles. The Hall–Kier alpha value is -7.20. The Balaban J connectivity index is 1.26. The van der Waals surface area contributed by atoms with Gasteiger partial charge >= 0.3 is 0 Å². The van der Waals surface area contributed by atoms with Gasteiger partial charge in [0.15, 0.2) is 8.07 Å². The second-order valence-corrected chi connectivity index (χ2v) is 27.9. The molecule has 0 N–H and O–H groups in total. The van der Waals surface area contributed by atoms with Crippen molar-refractivity contribution in [3.05, 3.63) is 222 Å². The maximum Gasteiger partial charge on any atom is 0.179 e. The van der Waals surface area contributed by atoms with Crippen molar-refractivity contribution >= 4 is 72.6 Å². The Morgan fingerprint density at radius 2 is 0.795 bits per heavy atom. The maximum absolute atomic E-state index is 6.66. The summed E-state index contributed by atoms with van der Waals surface area (Å²) in [6, 6.07) is 77.1. The lowest BCUT2D eigenvalue weighted by Gasteiger charge is -2.42. The van der Waals surface area contributed by atoms with Gasteiger partial charge in [-0.15, -0.1) is 0 Å². The number of nitrogens with zero attached hydrogens (tertiary/aromatic N) is 1. The highest BCUT2D eigenvalue weighted by molar-refractivity contribution is 7.20. The lowest BCUT2D eigenvalue weighted by molar-refractivity contribution is 0.332. The summed E-state index contributed by atoms with van der Waals surface area (Å²) >= 11 is 0. The number of para-hydroxylation sites is 2. The van der Waals surface area contributed by atoms with Crippen molar-refractivity contribution < 1.29 is 4.42 Å². The van der Waals surface area contributed by atoms with Crippen molar-refractivity contribution in [1.82, 2.24) is 4.57 Å². The molecule has 0 bridgehead atoms. The zero-order chi connectivity index (χ0) is 50.1. The number of fused-ring (bicyclic) bond motifs is 9. The molecule has 13 rings (SSSR count). The van der Waals surface area contributed by atoms with Gasteiger partial charge in [0.1, 0.15) is 11.2 Å². The van der Waals surface area contributed by atoms with Crippen molar-refractivity contribution in [2.75, 3.05) is 0 Å². The average molecular weight is 964 g/mol. The molecule has 360 valence electrons. The van der Waals surface area contributed by atoms with Crippen LogP contribution in [0.25, 0.3) is 71.7 Å². The summed E-state index contributed by atoms with van der Waals surface area (Å²) < 4.78 is 9.30. The van der Waals surface area contributed by atoms with Crippen LogP contribution in [0.2, 0.25) is 0 Å². The molecule has 0 saturated carbocycles. The number of rotatable bonds is 7. The van der Waals surface area contributed by atoms with Crippen molar-refractivity contribution in [2.24, 2.45) is 0 Å². The smallest absolute Gasteiger partial charge is 0.179 e. The van der Waals surface area contributed by atoms with Gasteiger partial charge in [-0.05, 0) is 126 Å². The third kappa shape index (κ3) is 6.95. The van der Waals surface area contributed by atoms with Gasteiger partial charge in [-0.1, -0.05) is 231 Å². The fourth-order valence-corrected chi connectivity index (χ4v) is 18.4. The van der Waals surface area contributed by atoms with Gasteiger partial charge in [0.25, 0.3) is 0 Å². The van der Waals surface area contributed by atoms with E-state index in [0.717, 1.165) is 29.4 Å². The average Bonchev–Trinajstić information content (AvgIpc) is 3.96. The van der Waals surface area contributed by atoms with E-state index < -0.39 is 8.07 Å². The summed E-state index contributed by atoms with van der Waals surface area (Å²) in [6.07, 6.45) is 4.62. The van der Waals surface area contributed by atoms with E-state index in [4.69, 9.17) is 4.42 Å². The summed E-state index contributed by atoms with van der Waals surface area (Å²) in [4.78, 5) is 0. The SMILES string of the molecule is CC1(C)CCC(C)(C)c2cc(-c3cc([Si](c4ccccc4)(c4ccccc4)c4ccccc4)cc(-c4ccc5c(c4)C(C)(C)CCC5(C)C)c3-n3c4ccccc4c4c5c(ccc43)oc3ccccc35)ccc21. The van der Waals surface area contributed by atoms with Gasteiger partial charge in [-0.3, -0.25) is 0 Å². The summed E-state index contributed by atoms with van der Waals surface area (Å²) in [7, 11) is -3.08. The molecule has 73 heavy (non-hydrogen) atoms. The predicted octanol–water partition coefficient (Wildman–Crippen LogP) is 16.1. The largest absolute Gasteiger partial charge is 0.456 e. The van der Waals surface area contributed by atoms with E-state index in [0.29, 0.717) is 0 Å². The molecular formula is C70H65NOSi. The Morgan fingerprint density at radius 3 is 1.30 bits per heavy atom. The number of aromatic nitrogens is 1. The highest BCUT2D eigenvalue weighted by Crippen LogP contribution is 2.51. The fourth-order valence-electron chi connectivity index (χ4n) is 13.6. The highest BCUT2D eigenvalue weighted by Gasteiger charge is 2.44. The standard InChI is InChI=1S/C70H65NOSi/c1-67(2)38-40-69(5,6)58-42-46(32-34-56(58)67)54-44-51(73(48-22-12-9-13-23-48,49-24-14-10-15-25-49)50-26-16-11-17-27-50)45-55(47-33-35-57-59(43-47)70(7,8)41-39-68(57,3)4)66(54)71-60-30-20-18-28-52(60)64-61(71)36-37-63-65(64)53-29-19-21-31-62(53)72-63/h9-37,42-45H,38-41H2,1-8H3. The first-order valence-corrected chi connectivity index (χ1v) is 28.7. The Labute approximate surface area is 432 Å². The Bertz CT molecular complexity index is 3760. The Kier molecular flexibility index (Phi) is 10.3. The van der Waals surface area contributed by atoms with Crippen LogP contribution < -0.4 is 20.7 Å². The van der Waals surface area contributed by atoms with Crippen LogP contribution in [0.4, 0.5) is 0 Å². The third-order valence-electron chi connectivity index (χ3n) is 17.9. The van der Waals surface area contributed by atoms with Crippen molar-refractivity contribution in [3.63, 3.8) is 0 Å². The van der Waals surface area contributed by atoms with E-state index in [-0.39, 0.29) is 21.7 Å². The molecule has 3 heteroatoms. The molecule has 9 aromatic carbocycles. The molecule has 0 unspecified atom stereocenters. The molecule has 2 aromatic heterocycles. The minimum Gasteiger partial charge on any atom is -0.456 e. The minimum atomic E-state index is -3.08. The quantitative estimate of drug-likeness (QED) is 0.115. The first kappa shape index (κ1) is 45.6. The molecule has 2 heterocycles. The van der Waals surface area contributed by atoms with Gasteiger partial charge in [0.2, 0.25) is 0 Å². The van der Waals surface area contributed by atoms with E-state index in [1.807, 2.05) is 0 Å². The highest BCUT2D eigenvalue weighted by atomic mass is 28.3. The van der Waals surface area contributed by atoms with Crippen molar-refractivity contribution in [1.29, 1.82) is 0 Å². The molecule has 2 nitrogen and oxygen atoms in total. The lowest BCUT2D eigenvalue weighted by atomic mass is 9.62. The van der Waals surface area contributed by atoms with E-state index in [9.17, 15) is 0 Å². The summed E-state index contributed by atoms with van der Waals surface area (Å²) in [5.41, 5.74) is 16.4. The first-order chi connectivity index (χ1) is 35.2. The van der Waals surface area contributed by atoms with E-state index in [1.54, 1.807) is 0 Å².